The molecule has 1 aliphatic rings. The Labute approximate surface area is 129 Å². The molecule has 1 fully saturated rings. The first-order valence-corrected chi connectivity index (χ1v) is 7.51. The zero-order chi connectivity index (χ0) is 14.7. The number of rotatable bonds is 6. The van der Waals surface area contributed by atoms with Gasteiger partial charge in [0.1, 0.15) is 6.61 Å². The van der Waals surface area contributed by atoms with E-state index in [2.05, 4.69) is 15.3 Å². The first kappa shape index (κ1) is 14.3. The number of nitrogens with zero attached hydrogens (tertiary/aromatic N) is 2. The monoisotopic (exact) mass is 303 g/mol. The van der Waals surface area contributed by atoms with Crippen LogP contribution in [0.2, 0.25) is 5.02 Å². The molecule has 2 aromatic rings. The highest BCUT2D eigenvalue weighted by Crippen LogP contribution is 2.20. The summed E-state index contributed by atoms with van der Waals surface area (Å²) in [5.74, 6) is 0. The van der Waals surface area contributed by atoms with Crippen LogP contribution in [-0.4, -0.2) is 16.0 Å². The van der Waals surface area contributed by atoms with Crippen LogP contribution in [0.1, 0.15) is 29.7 Å². The summed E-state index contributed by atoms with van der Waals surface area (Å²) in [5.41, 5.74) is 3.08. The molecule has 0 unspecified atom stereocenters. The number of benzene rings is 1. The van der Waals surface area contributed by atoms with Crippen LogP contribution < -0.4 is 10.1 Å². The maximum atomic E-state index is 5.94. The highest BCUT2D eigenvalue weighted by Gasteiger charge is 2.20. The lowest BCUT2D eigenvalue weighted by atomic mass is 10.2. The van der Waals surface area contributed by atoms with Crippen molar-refractivity contribution >= 4 is 11.6 Å². The number of hydrogen-bond acceptors (Lipinski definition) is 4. The van der Waals surface area contributed by atoms with Crippen molar-refractivity contribution in [3.63, 3.8) is 0 Å². The van der Waals surface area contributed by atoms with Gasteiger partial charge in [0.15, 0.2) is 0 Å². The molecule has 110 valence electrons. The maximum absolute atomic E-state index is 5.94. The average molecular weight is 304 g/mol. The highest BCUT2D eigenvalue weighted by atomic mass is 35.5. The number of hydrogen-bond donors (Lipinski definition) is 1. The van der Waals surface area contributed by atoms with Gasteiger partial charge in [-0.3, -0.25) is 0 Å². The van der Waals surface area contributed by atoms with E-state index in [0.29, 0.717) is 23.7 Å². The molecule has 4 nitrogen and oxygen atoms in total. The molecule has 0 aliphatic heterocycles. The molecular formula is C16H18ClN3O. The van der Waals surface area contributed by atoms with Crippen LogP contribution in [0.4, 0.5) is 0 Å². The Morgan fingerprint density at radius 3 is 2.95 bits per heavy atom. The second-order valence-electron chi connectivity index (χ2n) is 5.34. The molecule has 21 heavy (non-hydrogen) atoms. The molecular weight excluding hydrogens is 286 g/mol. The van der Waals surface area contributed by atoms with Gasteiger partial charge in [0.2, 0.25) is 0 Å². The van der Waals surface area contributed by atoms with E-state index in [-0.39, 0.29) is 0 Å². The van der Waals surface area contributed by atoms with Crippen molar-refractivity contribution in [2.24, 2.45) is 0 Å². The van der Waals surface area contributed by atoms with E-state index in [4.69, 9.17) is 16.3 Å². The van der Waals surface area contributed by atoms with Gasteiger partial charge in [0, 0.05) is 35.1 Å². The van der Waals surface area contributed by atoms with Crippen LogP contribution in [0.3, 0.4) is 0 Å². The third-order valence-electron chi connectivity index (χ3n) is 3.47. The Kier molecular flexibility index (Phi) is 4.36. The van der Waals surface area contributed by atoms with Crippen molar-refractivity contribution in [1.82, 2.24) is 15.3 Å². The summed E-state index contributed by atoms with van der Waals surface area (Å²) < 4.78 is 5.62. The Hall–Kier alpha value is -1.65. The molecule has 0 amide bonds. The van der Waals surface area contributed by atoms with Crippen LogP contribution in [0, 0.1) is 6.92 Å². The van der Waals surface area contributed by atoms with Crippen molar-refractivity contribution < 1.29 is 4.74 Å². The molecule has 1 aromatic carbocycles. The van der Waals surface area contributed by atoms with Crippen molar-refractivity contribution in [2.45, 2.75) is 39.0 Å². The van der Waals surface area contributed by atoms with E-state index in [1.54, 1.807) is 0 Å². The normalized spacial score (nSPS) is 14.2. The predicted molar refractivity (Wildman–Crippen MR) is 82.4 cm³/mol. The zero-order valence-corrected chi connectivity index (χ0v) is 12.7. The number of aromatic nitrogens is 2. The third kappa shape index (κ3) is 4.16. The molecule has 0 spiro atoms. The topological polar surface area (TPSA) is 47.0 Å². The molecule has 0 bridgehead atoms. The van der Waals surface area contributed by atoms with Gasteiger partial charge in [-0.15, -0.1) is 0 Å². The summed E-state index contributed by atoms with van der Waals surface area (Å²) in [6, 6.07) is 8.67. The Balaban J connectivity index is 1.59. The average Bonchev–Trinajstić information content (AvgIpc) is 3.28. The largest absolute Gasteiger partial charge is 0.459 e. The van der Waals surface area contributed by atoms with Gasteiger partial charge in [-0.1, -0.05) is 23.7 Å². The van der Waals surface area contributed by atoms with Gasteiger partial charge in [-0.05, 0) is 37.5 Å². The summed E-state index contributed by atoms with van der Waals surface area (Å²) in [5, 5.41) is 4.17. The SMILES string of the molecule is Cc1nc(OCc2cccc(Cl)c2)ncc1CNC1CC1. The fourth-order valence-electron chi connectivity index (χ4n) is 2.03. The molecule has 3 rings (SSSR count). The van der Waals surface area contributed by atoms with Crippen LogP contribution in [0.5, 0.6) is 6.01 Å². The quantitative estimate of drug-likeness (QED) is 0.890. The van der Waals surface area contributed by atoms with E-state index in [9.17, 15) is 0 Å². The van der Waals surface area contributed by atoms with E-state index >= 15 is 0 Å². The van der Waals surface area contributed by atoms with Gasteiger partial charge in [0.25, 0.3) is 0 Å². The first-order valence-electron chi connectivity index (χ1n) is 7.14. The molecule has 1 saturated carbocycles. The van der Waals surface area contributed by atoms with E-state index in [1.165, 1.54) is 12.8 Å². The highest BCUT2D eigenvalue weighted by molar-refractivity contribution is 6.30. The first-order chi connectivity index (χ1) is 10.2. The lowest BCUT2D eigenvalue weighted by Crippen LogP contribution is -2.16. The molecule has 1 aliphatic carbocycles. The summed E-state index contributed by atoms with van der Waals surface area (Å²) in [7, 11) is 0. The minimum absolute atomic E-state index is 0.405. The van der Waals surface area contributed by atoms with E-state index in [1.807, 2.05) is 37.4 Å². The van der Waals surface area contributed by atoms with Gasteiger partial charge in [-0.25, -0.2) is 9.97 Å². The Morgan fingerprint density at radius 2 is 2.24 bits per heavy atom. The molecule has 0 saturated heterocycles. The summed E-state index contributed by atoms with van der Waals surface area (Å²) in [6.07, 6.45) is 4.40. The fourth-order valence-corrected chi connectivity index (χ4v) is 2.24. The lowest BCUT2D eigenvalue weighted by Gasteiger charge is -2.09. The zero-order valence-electron chi connectivity index (χ0n) is 12.0. The molecule has 0 atom stereocenters. The Morgan fingerprint density at radius 1 is 1.38 bits per heavy atom. The minimum Gasteiger partial charge on any atom is -0.459 e. The molecule has 1 N–H and O–H groups in total. The number of ether oxygens (including phenoxy) is 1. The van der Waals surface area contributed by atoms with Gasteiger partial charge >= 0.3 is 6.01 Å². The molecule has 1 aromatic heterocycles. The minimum atomic E-state index is 0.405. The predicted octanol–water partition coefficient (Wildman–Crippen LogP) is 3.27. The van der Waals surface area contributed by atoms with Crippen LogP contribution >= 0.6 is 11.6 Å². The van der Waals surface area contributed by atoms with Crippen molar-refractivity contribution in [2.75, 3.05) is 0 Å². The number of nitrogens with one attached hydrogen (secondary N) is 1. The molecule has 5 heteroatoms. The lowest BCUT2D eigenvalue weighted by molar-refractivity contribution is 0.279. The van der Waals surface area contributed by atoms with Crippen molar-refractivity contribution in [3.8, 4) is 6.01 Å². The second-order valence-corrected chi connectivity index (χ2v) is 5.77. The standard InChI is InChI=1S/C16H18ClN3O/c1-11-13(8-18-15-5-6-15)9-19-16(20-11)21-10-12-3-2-4-14(17)7-12/h2-4,7,9,15,18H,5-6,8,10H2,1H3. The van der Waals surface area contributed by atoms with Gasteiger partial charge in [-0.2, -0.15) is 0 Å². The number of halogens is 1. The van der Waals surface area contributed by atoms with Gasteiger partial charge < -0.3 is 10.1 Å². The van der Waals surface area contributed by atoms with Gasteiger partial charge in [0.05, 0.1) is 0 Å². The van der Waals surface area contributed by atoms with Crippen LogP contribution in [0.25, 0.3) is 0 Å². The van der Waals surface area contributed by atoms with Crippen LogP contribution in [-0.2, 0) is 13.2 Å². The molecule has 1 heterocycles. The van der Waals surface area contributed by atoms with E-state index < -0.39 is 0 Å². The maximum Gasteiger partial charge on any atom is 0.316 e. The third-order valence-corrected chi connectivity index (χ3v) is 3.71. The Bertz CT molecular complexity index is 629. The van der Waals surface area contributed by atoms with Crippen molar-refractivity contribution in [3.05, 3.63) is 52.3 Å². The summed E-state index contributed by atoms with van der Waals surface area (Å²) in [4.78, 5) is 8.67. The number of aryl methyl sites for hydroxylation is 1. The van der Waals surface area contributed by atoms with E-state index in [0.717, 1.165) is 23.4 Å². The smallest absolute Gasteiger partial charge is 0.316 e. The molecule has 0 radical (unpaired) electrons. The summed E-state index contributed by atoms with van der Waals surface area (Å²) in [6.45, 7) is 3.22. The van der Waals surface area contributed by atoms with Crippen LogP contribution in [0.15, 0.2) is 30.5 Å². The van der Waals surface area contributed by atoms with Crippen molar-refractivity contribution in [1.29, 1.82) is 0 Å². The summed E-state index contributed by atoms with van der Waals surface area (Å²) >= 11 is 5.94. The second kappa shape index (κ2) is 6.41. The fraction of sp³-hybridized carbons (Fsp3) is 0.375.